The summed E-state index contributed by atoms with van der Waals surface area (Å²) < 4.78 is 0. The monoisotopic (exact) mass is 236 g/mol. The van der Waals surface area contributed by atoms with Crippen LogP contribution in [0.25, 0.3) is 0 Å². The summed E-state index contributed by atoms with van der Waals surface area (Å²) in [6, 6.07) is 0. The van der Waals surface area contributed by atoms with E-state index in [9.17, 15) is 9.59 Å². The van der Waals surface area contributed by atoms with E-state index in [2.05, 4.69) is 5.32 Å². The van der Waals surface area contributed by atoms with E-state index < -0.39 is 0 Å². The highest BCUT2D eigenvalue weighted by atomic mass is 16.2. The van der Waals surface area contributed by atoms with Crippen molar-refractivity contribution >= 4 is 11.8 Å². The van der Waals surface area contributed by atoms with E-state index >= 15 is 0 Å². The Morgan fingerprint density at radius 2 is 2.06 bits per heavy atom. The molecule has 3 rings (SSSR count). The number of nitrogens with one attached hydrogen (secondary N) is 1. The van der Waals surface area contributed by atoms with Gasteiger partial charge < -0.3 is 10.2 Å². The van der Waals surface area contributed by atoms with Gasteiger partial charge in [-0.2, -0.15) is 0 Å². The van der Waals surface area contributed by atoms with Crippen LogP contribution < -0.4 is 5.32 Å². The van der Waals surface area contributed by atoms with Gasteiger partial charge in [-0.15, -0.1) is 0 Å². The SMILES string of the molecule is O=C1CC(C(=O)N2CCC3(CCCC3)C2)CN1. The van der Waals surface area contributed by atoms with Crippen LogP contribution in [0.1, 0.15) is 38.5 Å². The number of likely N-dealkylation sites (tertiary alicyclic amines) is 1. The van der Waals surface area contributed by atoms with Crippen LogP contribution in [0.3, 0.4) is 0 Å². The maximum atomic E-state index is 12.3. The van der Waals surface area contributed by atoms with Gasteiger partial charge in [0.2, 0.25) is 11.8 Å². The molecule has 3 fully saturated rings. The zero-order chi connectivity index (χ0) is 11.9. The van der Waals surface area contributed by atoms with Gasteiger partial charge in [-0.05, 0) is 24.7 Å². The normalized spacial score (nSPS) is 31.2. The van der Waals surface area contributed by atoms with Crippen LogP contribution in [0.2, 0.25) is 0 Å². The number of carbonyl (C=O) groups is 2. The van der Waals surface area contributed by atoms with Crippen LogP contribution in [-0.2, 0) is 9.59 Å². The first kappa shape index (κ1) is 11.1. The summed E-state index contributed by atoms with van der Waals surface area (Å²) in [6.45, 7) is 2.39. The molecule has 94 valence electrons. The quantitative estimate of drug-likeness (QED) is 0.736. The zero-order valence-electron chi connectivity index (χ0n) is 10.2. The summed E-state index contributed by atoms with van der Waals surface area (Å²) in [5.41, 5.74) is 0.436. The molecule has 1 N–H and O–H groups in total. The van der Waals surface area contributed by atoms with Crippen LogP contribution in [0, 0.1) is 11.3 Å². The molecule has 0 aromatic heterocycles. The average molecular weight is 236 g/mol. The van der Waals surface area contributed by atoms with E-state index in [0.717, 1.165) is 13.1 Å². The van der Waals surface area contributed by atoms with E-state index in [1.54, 1.807) is 0 Å². The molecule has 0 aromatic carbocycles. The fourth-order valence-electron chi connectivity index (χ4n) is 3.69. The average Bonchev–Trinajstić information content (AvgIpc) is 3.02. The van der Waals surface area contributed by atoms with Crippen LogP contribution >= 0.6 is 0 Å². The number of rotatable bonds is 1. The molecule has 2 aliphatic heterocycles. The molecule has 2 saturated heterocycles. The predicted octanol–water partition coefficient (Wildman–Crippen LogP) is 0.915. The lowest BCUT2D eigenvalue weighted by molar-refractivity contribution is -0.135. The largest absolute Gasteiger partial charge is 0.355 e. The molecule has 1 saturated carbocycles. The van der Waals surface area contributed by atoms with Gasteiger partial charge in [0.15, 0.2) is 0 Å². The Morgan fingerprint density at radius 3 is 2.71 bits per heavy atom. The van der Waals surface area contributed by atoms with E-state index in [4.69, 9.17) is 0 Å². The Labute approximate surface area is 102 Å². The van der Waals surface area contributed by atoms with Crippen LogP contribution in [0.5, 0.6) is 0 Å². The number of hydrogen-bond donors (Lipinski definition) is 1. The Hall–Kier alpha value is -1.06. The lowest BCUT2D eigenvalue weighted by Gasteiger charge is -2.24. The minimum absolute atomic E-state index is 0.0260. The van der Waals surface area contributed by atoms with Gasteiger partial charge in [0, 0.05) is 26.1 Å². The topological polar surface area (TPSA) is 49.4 Å². The summed E-state index contributed by atoms with van der Waals surface area (Å²) in [6.07, 6.45) is 6.80. The molecule has 1 atom stereocenters. The van der Waals surface area contributed by atoms with Gasteiger partial charge in [0.1, 0.15) is 0 Å². The maximum absolute atomic E-state index is 12.3. The summed E-state index contributed by atoms with van der Waals surface area (Å²) in [5, 5.41) is 2.75. The second kappa shape index (κ2) is 4.00. The first-order valence-corrected chi connectivity index (χ1v) is 6.74. The molecule has 1 aliphatic carbocycles. The van der Waals surface area contributed by atoms with Gasteiger partial charge in [0.25, 0.3) is 0 Å². The summed E-state index contributed by atoms with van der Waals surface area (Å²) >= 11 is 0. The first-order chi connectivity index (χ1) is 8.19. The first-order valence-electron chi connectivity index (χ1n) is 6.74. The number of hydrogen-bond acceptors (Lipinski definition) is 2. The summed E-state index contributed by atoms with van der Waals surface area (Å²) in [5.74, 6) is 0.129. The van der Waals surface area contributed by atoms with E-state index in [-0.39, 0.29) is 17.7 Å². The summed E-state index contributed by atoms with van der Waals surface area (Å²) in [4.78, 5) is 25.4. The molecule has 2 amide bonds. The smallest absolute Gasteiger partial charge is 0.228 e. The molecule has 1 spiro atoms. The van der Waals surface area contributed by atoms with Gasteiger partial charge in [0.05, 0.1) is 5.92 Å². The van der Waals surface area contributed by atoms with Crippen molar-refractivity contribution in [3.63, 3.8) is 0 Å². The molecule has 0 aromatic rings. The molecule has 4 heteroatoms. The number of carbonyl (C=O) groups excluding carboxylic acids is 2. The van der Waals surface area contributed by atoms with Crippen molar-refractivity contribution in [2.24, 2.45) is 11.3 Å². The van der Waals surface area contributed by atoms with Crippen molar-refractivity contribution in [1.82, 2.24) is 10.2 Å². The number of amides is 2. The molecule has 0 radical (unpaired) electrons. The molecule has 1 unspecified atom stereocenters. The Kier molecular flexibility index (Phi) is 2.60. The number of nitrogens with zero attached hydrogens (tertiary/aromatic N) is 1. The molecular weight excluding hydrogens is 216 g/mol. The maximum Gasteiger partial charge on any atom is 0.228 e. The van der Waals surface area contributed by atoms with Gasteiger partial charge in [-0.25, -0.2) is 0 Å². The van der Waals surface area contributed by atoms with Gasteiger partial charge in [-0.1, -0.05) is 12.8 Å². The van der Waals surface area contributed by atoms with Gasteiger partial charge in [-0.3, -0.25) is 9.59 Å². The van der Waals surface area contributed by atoms with E-state index in [1.807, 2.05) is 4.90 Å². The molecule has 0 bridgehead atoms. The van der Waals surface area contributed by atoms with Crippen molar-refractivity contribution in [2.45, 2.75) is 38.5 Å². The Balaban J connectivity index is 1.62. The standard InChI is InChI=1S/C13H20N2O2/c16-11-7-10(8-14-11)12(17)15-6-5-13(9-15)3-1-2-4-13/h10H,1-9H2,(H,14,16). The minimum Gasteiger partial charge on any atom is -0.355 e. The van der Waals surface area contributed by atoms with Crippen LogP contribution in [-0.4, -0.2) is 36.3 Å². The zero-order valence-corrected chi connectivity index (χ0v) is 10.2. The molecule has 3 aliphatic rings. The second-order valence-corrected chi connectivity index (χ2v) is 5.92. The van der Waals surface area contributed by atoms with Crippen molar-refractivity contribution in [1.29, 1.82) is 0 Å². The third-order valence-corrected chi connectivity index (χ3v) is 4.74. The minimum atomic E-state index is -0.0981. The highest BCUT2D eigenvalue weighted by molar-refractivity contribution is 5.89. The fourth-order valence-corrected chi connectivity index (χ4v) is 3.69. The highest BCUT2D eigenvalue weighted by Crippen LogP contribution is 2.45. The van der Waals surface area contributed by atoms with Crippen LogP contribution in [0.15, 0.2) is 0 Å². The van der Waals surface area contributed by atoms with Crippen molar-refractivity contribution in [3.8, 4) is 0 Å². The highest BCUT2D eigenvalue weighted by Gasteiger charge is 2.43. The fraction of sp³-hybridized carbons (Fsp3) is 0.846. The molecular formula is C13H20N2O2. The third kappa shape index (κ3) is 1.94. The lowest BCUT2D eigenvalue weighted by Crippen LogP contribution is -2.36. The Morgan fingerprint density at radius 1 is 1.29 bits per heavy atom. The van der Waals surface area contributed by atoms with E-state index in [1.165, 1.54) is 32.1 Å². The predicted molar refractivity (Wildman–Crippen MR) is 63.2 cm³/mol. The second-order valence-electron chi connectivity index (χ2n) is 5.92. The van der Waals surface area contributed by atoms with Crippen molar-refractivity contribution < 1.29 is 9.59 Å². The van der Waals surface area contributed by atoms with E-state index in [0.29, 0.717) is 18.4 Å². The van der Waals surface area contributed by atoms with Crippen molar-refractivity contribution in [3.05, 3.63) is 0 Å². The Bertz CT molecular complexity index is 347. The molecule has 4 nitrogen and oxygen atoms in total. The van der Waals surface area contributed by atoms with Crippen LogP contribution in [0.4, 0.5) is 0 Å². The molecule has 2 heterocycles. The molecule has 17 heavy (non-hydrogen) atoms. The van der Waals surface area contributed by atoms with Crippen molar-refractivity contribution in [2.75, 3.05) is 19.6 Å². The lowest BCUT2D eigenvalue weighted by atomic mass is 9.86. The summed E-state index contributed by atoms with van der Waals surface area (Å²) in [7, 11) is 0. The van der Waals surface area contributed by atoms with Gasteiger partial charge >= 0.3 is 0 Å². The third-order valence-electron chi connectivity index (χ3n) is 4.74.